The monoisotopic (exact) mass is 412 g/mol. The lowest BCUT2D eigenvalue weighted by atomic mass is 9.94. The molecule has 2 aromatic carbocycles. The van der Waals surface area contributed by atoms with Crippen molar-refractivity contribution in [3.8, 4) is 11.5 Å². The number of esters is 1. The summed E-state index contributed by atoms with van der Waals surface area (Å²) < 4.78 is 10.2. The fourth-order valence-electron chi connectivity index (χ4n) is 3.50. The van der Waals surface area contributed by atoms with Gasteiger partial charge in [0.15, 0.2) is 16.6 Å². The van der Waals surface area contributed by atoms with Crippen LogP contribution in [0.15, 0.2) is 47.7 Å². The summed E-state index contributed by atoms with van der Waals surface area (Å²) in [6, 6.07) is 10.5. The van der Waals surface area contributed by atoms with Gasteiger partial charge in [-0.2, -0.15) is 0 Å². The lowest BCUT2D eigenvalue weighted by Crippen LogP contribution is -2.48. The SMILES string of the molecule is COC(=O)C1=C(C)N(c2cc(C)ccc2C)C(=S)NC1c1ccc(OC)c(O)c1. The normalized spacial score (nSPS) is 16.5. The second-order valence-corrected chi connectivity index (χ2v) is 7.32. The van der Waals surface area contributed by atoms with Crippen molar-refractivity contribution in [1.29, 1.82) is 0 Å². The number of allylic oxidation sites excluding steroid dienone is 1. The number of nitrogens with zero attached hydrogens (tertiary/aromatic N) is 1. The van der Waals surface area contributed by atoms with Gasteiger partial charge in [0.2, 0.25) is 0 Å². The minimum Gasteiger partial charge on any atom is -0.504 e. The maximum absolute atomic E-state index is 12.7. The smallest absolute Gasteiger partial charge is 0.337 e. The first-order valence-corrected chi connectivity index (χ1v) is 9.53. The maximum Gasteiger partial charge on any atom is 0.337 e. The number of carbonyl (C=O) groups is 1. The molecule has 0 saturated carbocycles. The molecule has 2 aromatic rings. The summed E-state index contributed by atoms with van der Waals surface area (Å²) in [5.41, 5.74) is 4.79. The van der Waals surface area contributed by atoms with Crippen LogP contribution in [0.25, 0.3) is 0 Å². The van der Waals surface area contributed by atoms with Gasteiger partial charge in [-0.25, -0.2) is 4.79 Å². The standard InChI is InChI=1S/C22H24N2O4S/c1-12-6-7-13(2)16(10-12)24-14(3)19(21(26)28-5)20(23-22(24)29)15-8-9-18(27-4)17(25)11-15/h6-11,20,25H,1-5H3,(H,23,29). The highest BCUT2D eigenvalue weighted by Crippen LogP contribution is 2.38. The largest absolute Gasteiger partial charge is 0.504 e. The van der Waals surface area contributed by atoms with Crippen molar-refractivity contribution in [2.24, 2.45) is 0 Å². The fraction of sp³-hybridized carbons (Fsp3) is 0.273. The Kier molecular flexibility index (Phi) is 5.79. The third-order valence-electron chi connectivity index (χ3n) is 5.03. The van der Waals surface area contributed by atoms with E-state index in [1.165, 1.54) is 14.2 Å². The quantitative estimate of drug-likeness (QED) is 0.583. The number of ether oxygens (including phenoxy) is 2. The number of hydrogen-bond donors (Lipinski definition) is 2. The van der Waals surface area contributed by atoms with Crippen LogP contribution in [0.2, 0.25) is 0 Å². The molecule has 1 heterocycles. The number of aromatic hydroxyl groups is 1. The van der Waals surface area contributed by atoms with Gasteiger partial charge in [-0.3, -0.25) is 4.90 Å². The number of methoxy groups -OCH3 is 2. The molecule has 29 heavy (non-hydrogen) atoms. The highest BCUT2D eigenvalue weighted by atomic mass is 32.1. The molecular weight excluding hydrogens is 388 g/mol. The second-order valence-electron chi connectivity index (χ2n) is 6.93. The van der Waals surface area contributed by atoms with E-state index in [4.69, 9.17) is 21.7 Å². The molecule has 0 aliphatic carbocycles. The minimum absolute atomic E-state index is 0.0171. The van der Waals surface area contributed by atoms with Gasteiger partial charge >= 0.3 is 5.97 Å². The van der Waals surface area contributed by atoms with Crippen LogP contribution < -0.4 is 15.0 Å². The van der Waals surface area contributed by atoms with Gasteiger partial charge in [-0.15, -0.1) is 0 Å². The topological polar surface area (TPSA) is 71.0 Å². The van der Waals surface area contributed by atoms with Crippen molar-refractivity contribution in [3.63, 3.8) is 0 Å². The molecular formula is C22H24N2O4S. The van der Waals surface area contributed by atoms with Gasteiger partial charge in [0, 0.05) is 5.70 Å². The van der Waals surface area contributed by atoms with Crippen LogP contribution >= 0.6 is 12.2 Å². The maximum atomic E-state index is 12.7. The van der Waals surface area contributed by atoms with E-state index < -0.39 is 12.0 Å². The first-order chi connectivity index (χ1) is 13.8. The zero-order valence-corrected chi connectivity index (χ0v) is 17.9. The predicted molar refractivity (Wildman–Crippen MR) is 116 cm³/mol. The molecule has 1 aliphatic heterocycles. The number of aryl methyl sites for hydroxylation is 2. The molecule has 0 bridgehead atoms. The number of thiocarbonyl (C=S) groups is 1. The van der Waals surface area contributed by atoms with Crippen LogP contribution in [-0.2, 0) is 9.53 Å². The number of hydrogen-bond acceptors (Lipinski definition) is 5. The molecule has 0 radical (unpaired) electrons. The van der Waals surface area contributed by atoms with E-state index in [1.807, 2.05) is 43.9 Å². The van der Waals surface area contributed by atoms with Crippen molar-refractivity contribution in [2.45, 2.75) is 26.8 Å². The van der Waals surface area contributed by atoms with Crippen molar-refractivity contribution in [2.75, 3.05) is 19.1 Å². The Morgan fingerprint density at radius 2 is 1.86 bits per heavy atom. The van der Waals surface area contributed by atoms with E-state index in [0.717, 1.165) is 16.8 Å². The number of rotatable bonds is 4. The molecule has 0 fully saturated rings. The predicted octanol–water partition coefficient (Wildman–Crippen LogP) is 3.90. The van der Waals surface area contributed by atoms with Gasteiger partial charge in [-0.05, 0) is 67.9 Å². The molecule has 7 heteroatoms. The van der Waals surface area contributed by atoms with E-state index in [1.54, 1.807) is 18.2 Å². The summed E-state index contributed by atoms with van der Waals surface area (Å²) in [5.74, 6) is -0.130. The van der Waals surface area contributed by atoms with Gasteiger partial charge in [0.1, 0.15) is 0 Å². The summed E-state index contributed by atoms with van der Waals surface area (Å²) in [5, 5.41) is 13.9. The van der Waals surface area contributed by atoms with Gasteiger partial charge in [0.25, 0.3) is 0 Å². The Morgan fingerprint density at radius 3 is 2.48 bits per heavy atom. The first-order valence-electron chi connectivity index (χ1n) is 9.12. The number of carbonyl (C=O) groups excluding carboxylic acids is 1. The highest BCUT2D eigenvalue weighted by Gasteiger charge is 2.36. The van der Waals surface area contributed by atoms with E-state index >= 15 is 0 Å². The van der Waals surface area contributed by atoms with Crippen LogP contribution in [0.1, 0.15) is 29.7 Å². The van der Waals surface area contributed by atoms with Crippen LogP contribution in [0.4, 0.5) is 5.69 Å². The summed E-state index contributed by atoms with van der Waals surface area (Å²) in [6.07, 6.45) is 0. The number of benzene rings is 2. The Hall–Kier alpha value is -3.06. The van der Waals surface area contributed by atoms with Crippen molar-refractivity contribution < 1.29 is 19.4 Å². The number of phenolic OH excluding ortho intramolecular Hbond substituents is 1. The average molecular weight is 413 g/mol. The molecule has 3 rings (SSSR count). The molecule has 2 N–H and O–H groups in total. The van der Waals surface area contributed by atoms with Crippen LogP contribution in [0.3, 0.4) is 0 Å². The molecule has 1 atom stereocenters. The van der Waals surface area contributed by atoms with E-state index in [0.29, 0.717) is 27.7 Å². The molecule has 6 nitrogen and oxygen atoms in total. The fourth-order valence-corrected chi connectivity index (χ4v) is 3.86. The van der Waals surface area contributed by atoms with Crippen LogP contribution in [0, 0.1) is 13.8 Å². The molecule has 0 spiro atoms. The summed E-state index contributed by atoms with van der Waals surface area (Å²) >= 11 is 5.66. The Labute approximate surface area is 175 Å². The summed E-state index contributed by atoms with van der Waals surface area (Å²) in [4.78, 5) is 14.6. The zero-order valence-electron chi connectivity index (χ0n) is 17.1. The van der Waals surface area contributed by atoms with Crippen molar-refractivity contribution in [3.05, 3.63) is 64.4 Å². The highest BCUT2D eigenvalue weighted by molar-refractivity contribution is 7.80. The van der Waals surface area contributed by atoms with E-state index in [-0.39, 0.29) is 5.75 Å². The number of anilines is 1. The Morgan fingerprint density at radius 1 is 1.14 bits per heavy atom. The molecule has 152 valence electrons. The van der Waals surface area contributed by atoms with Gasteiger partial charge in [0.05, 0.1) is 31.5 Å². The van der Waals surface area contributed by atoms with Gasteiger partial charge in [-0.1, -0.05) is 18.2 Å². The zero-order chi connectivity index (χ0) is 21.3. The third-order valence-corrected chi connectivity index (χ3v) is 5.33. The molecule has 0 aromatic heterocycles. The molecule has 0 saturated heterocycles. The summed E-state index contributed by atoms with van der Waals surface area (Å²) in [6.45, 7) is 5.85. The lowest BCUT2D eigenvalue weighted by Gasteiger charge is -2.38. The summed E-state index contributed by atoms with van der Waals surface area (Å²) in [7, 11) is 2.83. The number of nitrogens with one attached hydrogen (secondary N) is 1. The third kappa shape index (κ3) is 3.78. The second kappa shape index (κ2) is 8.13. The van der Waals surface area contributed by atoms with Crippen LogP contribution in [0.5, 0.6) is 11.5 Å². The Bertz CT molecular complexity index is 1020. The minimum atomic E-state index is -0.562. The Balaban J connectivity index is 2.17. The number of phenols is 1. The van der Waals surface area contributed by atoms with Crippen molar-refractivity contribution in [1.82, 2.24) is 5.32 Å². The van der Waals surface area contributed by atoms with E-state index in [9.17, 15) is 9.90 Å². The van der Waals surface area contributed by atoms with E-state index in [2.05, 4.69) is 5.32 Å². The average Bonchev–Trinajstić information content (AvgIpc) is 2.69. The molecule has 1 aliphatic rings. The van der Waals surface area contributed by atoms with Gasteiger partial charge < -0.3 is 19.9 Å². The lowest BCUT2D eigenvalue weighted by molar-refractivity contribution is -0.136. The first kappa shape index (κ1) is 20.7. The van der Waals surface area contributed by atoms with Crippen LogP contribution in [-0.4, -0.2) is 30.4 Å². The molecule has 0 amide bonds. The molecule has 1 unspecified atom stereocenters. The van der Waals surface area contributed by atoms with Crippen molar-refractivity contribution >= 4 is 29.0 Å².